The fraction of sp³-hybridized carbons (Fsp3) is 1.00. The summed E-state index contributed by atoms with van der Waals surface area (Å²) in [6.07, 6.45) is 7.84. The van der Waals surface area contributed by atoms with Gasteiger partial charge in [-0.05, 0) is 51.1 Å². The maximum atomic E-state index is 5.93. The average Bonchev–Trinajstić information content (AvgIpc) is 2.92. The molecule has 1 N–H and O–H groups in total. The smallest absolute Gasteiger partial charge is 0.0733 e. The Labute approximate surface area is 97.5 Å². The fourth-order valence-corrected chi connectivity index (χ4v) is 4.24. The van der Waals surface area contributed by atoms with E-state index in [2.05, 4.69) is 10.2 Å². The lowest BCUT2D eigenvalue weighted by atomic mass is 9.83. The van der Waals surface area contributed by atoms with Crippen molar-refractivity contribution in [1.29, 1.82) is 0 Å². The highest BCUT2D eigenvalue weighted by atomic mass is 16.5. The zero-order valence-corrected chi connectivity index (χ0v) is 9.90. The fourth-order valence-electron chi connectivity index (χ4n) is 4.24. The van der Waals surface area contributed by atoms with Gasteiger partial charge in [0.1, 0.15) is 0 Å². The molecule has 0 radical (unpaired) electrons. The highest BCUT2D eigenvalue weighted by Gasteiger charge is 2.43. The van der Waals surface area contributed by atoms with Crippen LogP contribution in [-0.2, 0) is 4.74 Å². The number of nitrogens with one attached hydrogen (secondary N) is 1. The molecule has 5 saturated heterocycles. The Hall–Kier alpha value is -0.120. The molecule has 4 bridgehead atoms. The van der Waals surface area contributed by atoms with Gasteiger partial charge in [-0.2, -0.15) is 0 Å². The van der Waals surface area contributed by atoms with Gasteiger partial charge in [-0.25, -0.2) is 0 Å². The van der Waals surface area contributed by atoms with Crippen molar-refractivity contribution in [2.75, 3.05) is 19.6 Å². The molecule has 5 aliphatic rings. The zero-order chi connectivity index (χ0) is 10.5. The van der Waals surface area contributed by atoms with Crippen LogP contribution in [0.1, 0.15) is 32.1 Å². The lowest BCUT2D eigenvalue weighted by Gasteiger charge is -2.46. The average molecular weight is 222 g/mol. The standard InChI is InChI=1S/C13H22N2O/c1-2-13-11(7-10(1)16-13)14-12-8-15-5-3-9(12)4-6-15/h9-14H,1-8H2. The van der Waals surface area contributed by atoms with Gasteiger partial charge in [-0.15, -0.1) is 0 Å². The summed E-state index contributed by atoms with van der Waals surface area (Å²) < 4.78 is 5.93. The summed E-state index contributed by atoms with van der Waals surface area (Å²) in [4.78, 5) is 2.63. The van der Waals surface area contributed by atoms with E-state index in [0.29, 0.717) is 18.2 Å². The van der Waals surface area contributed by atoms with Gasteiger partial charge in [-0.3, -0.25) is 0 Å². The van der Waals surface area contributed by atoms with Gasteiger partial charge in [0.2, 0.25) is 0 Å². The molecule has 5 rings (SSSR count). The van der Waals surface area contributed by atoms with E-state index < -0.39 is 0 Å². The van der Waals surface area contributed by atoms with Gasteiger partial charge in [0, 0.05) is 18.6 Å². The highest BCUT2D eigenvalue weighted by molar-refractivity contribution is 4.99. The van der Waals surface area contributed by atoms with Gasteiger partial charge in [0.05, 0.1) is 12.2 Å². The molecule has 90 valence electrons. The number of hydrogen-bond donors (Lipinski definition) is 1. The van der Waals surface area contributed by atoms with Crippen LogP contribution in [0.3, 0.4) is 0 Å². The Morgan fingerprint density at radius 1 is 1.00 bits per heavy atom. The highest BCUT2D eigenvalue weighted by Crippen LogP contribution is 2.36. The maximum Gasteiger partial charge on any atom is 0.0733 e. The molecule has 4 atom stereocenters. The van der Waals surface area contributed by atoms with Crippen LogP contribution < -0.4 is 5.32 Å². The Bertz CT molecular complexity index is 275. The first kappa shape index (κ1) is 9.86. The van der Waals surface area contributed by atoms with Crippen LogP contribution in [0, 0.1) is 5.92 Å². The van der Waals surface area contributed by atoms with Gasteiger partial charge in [-0.1, -0.05) is 0 Å². The molecule has 5 aliphatic heterocycles. The molecule has 16 heavy (non-hydrogen) atoms. The van der Waals surface area contributed by atoms with E-state index in [-0.39, 0.29) is 0 Å². The normalized spacial score (nSPS) is 54.8. The molecule has 0 amide bonds. The molecule has 3 nitrogen and oxygen atoms in total. The monoisotopic (exact) mass is 222 g/mol. The third-order valence-corrected chi connectivity index (χ3v) is 5.19. The lowest BCUT2D eigenvalue weighted by Crippen LogP contribution is -2.59. The first-order valence-corrected chi connectivity index (χ1v) is 7.02. The van der Waals surface area contributed by atoms with E-state index in [1.54, 1.807) is 0 Å². The topological polar surface area (TPSA) is 24.5 Å². The van der Waals surface area contributed by atoms with E-state index in [1.165, 1.54) is 51.7 Å². The zero-order valence-electron chi connectivity index (χ0n) is 9.90. The van der Waals surface area contributed by atoms with Gasteiger partial charge < -0.3 is 15.0 Å². The van der Waals surface area contributed by atoms with Crippen molar-refractivity contribution in [2.45, 2.75) is 56.4 Å². The van der Waals surface area contributed by atoms with Crippen molar-refractivity contribution < 1.29 is 4.74 Å². The number of piperidine rings is 3. The van der Waals surface area contributed by atoms with Crippen molar-refractivity contribution in [1.82, 2.24) is 10.2 Å². The number of hydrogen-bond acceptors (Lipinski definition) is 3. The van der Waals surface area contributed by atoms with Gasteiger partial charge in [0.25, 0.3) is 0 Å². The van der Waals surface area contributed by atoms with Crippen LogP contribution in [0.15, 0.2) is 0 Å². The SMILES string of the molecule is C1CC2OC1CC2NC1CN2CCC1CC2. The Kier molecular flexibility index (Phi) is 2.27. The second-order valence-corrected chi connectivity index (χ2v) is 6.13. The molecule has 5 fully saturated rings. The van der Waals surface area contributed by atoms with E-state index in [4.69, 9.17) is 4.74 Å². The van der Waals surface area contributed by atoms with Crippen molar-refractivity contribution in [2.24, 2.45) is 5.92 Å². The van der Waals surface area contributed by atoms with Crippen molar-refractivity contribution >= 4 is 0 Å². The molecule has 0 aromatic carbocycles. The molecule has 0 aromatic heterocycles. The van der Waals surface area contributed by atoms with E-state index in [0.717, 1.165) is 12.0 Å². The first-order chi connectivity index (χ1) is 7.88. The molecule has 0 saturated carbocycles. The third-order valence-electron chi connectivity index (χ3n) is 5.19. The maximum absolute atomic E-state index is 5.93. The van der Waals surface area contributed by atoms with E-state index in [9.17, 15) is 0 Å². The molecule has 4 unspecified atom stereocenters. The van der Waals surface area contributed by atoms with Gasteiger partial charge >= 0.3 is 0 Å². The predicted octanol–water partition coefficient (Wildman–Crippen LogP) is 0.990. The number of fused-ring (bicyclic) bond motifs is 5. The quantitative estimate of drug-likeness (QED) is 0.754. The van der Waals surface area contributed by atoms with Crippen LogP contribution in [-0.4, -0.2) is 48.8 Å². The first-order valence-electron chi connectivity index (χ1n) is 7.02. The van der Waals surface area contributed by atoms with Crippen LogP contribution >= 0.6 is 0 Å². The Morgan fingerprint density at radius 3 is 2.44 bits per heavy atom. The molecule has 0 aromatic rings. The van der Waals surface area contributed by atoms with Crippen molar-refractivity contribution in [3.63, 3.8) is 0 Å². The molecule has 3 heteroatoms. The lowest BCUT2D eigenvalue weighted by molar-refractivity contribution is 0.0552. The third kappa shape index (κ3) is 1.52. The summed E-state index contributed by atoms with van der Waals surface area (Å²) in [5.74, 6) is 0.948. The van der Waals surface area contributed by atoms with Crippen LogP contribution in [0.25, 0.3) is 0 Å². The molecular weight excluding hydrogens is 200 g/mol. The summed E-state index contributed by atoms with van der Waals surface area (Å²) in [6.45, 7) is 3.98. The summed E-state index contributed by atoms with van der Waals surface area (Å²) in [5, 5.41) is 3.91. The van der Waals surface area contributed by atoms with E-state index in [1.807, 2.05) is 0 Å². The molecule has 5 heterocycles. The van der Waals surface area contributed by atoms with Crippen molar-refractivity contribution in [3.8, 4) is 0 Å². The minimum atomic E-state index is 0.542. The van der Waals surface area contributed by atoms with Gasteiger partial charge in [0.15, 0.2) is 0 Å². The minimum Gasteiger partial charge on any atom is -0.373 e. The number of rotatable bonds is 2. The van der Waals surface area contributed by atoms with Crippen LogP contribution in [0.2, 0.25) is 0 Å². The second kappa shape index (κ2) is 3.69. The number of nitrogens with zero attached hydrogens (tertiary/aromatic N) is 1. The van der Waals surface area contributed by atoms with Crippen LogP contribution in [0.4, 0.5) is 0 Å². The summed E-state index contributed by atoms with van der Waals surface area (Å²) >= 11 is 0. The predicted molar refractivity (Wildman–Crippen MR) is 62.4 cm³/mol. The van der Waals surface area contributed by atoms with Crippen LogP contribution in [0.5, 0.6) is 0 Å². The Morgan fingerprint density at radius 2 is 1.88 bits per heavy atom. The second-order valence-electron chi connectivity index (χ2n) is 6.13. The van der Waals surface area contributed by atoms with Crippen molar-refractivity contribution in [3.05, 3.63) is 0 Å². The molecular formula is C13H22N2O. The minimum absolute atomic E-state index is 0.542. The summed E-state index contributed by atoms with van der Waals surface area (Å²) in [6, 6.07) is 1.43. The Balaban J connectivity index is 1.40. The largest absolute Gasteiger partial charge is 0.373 e. The molecule has 0 spiro atoms. The summed E-state index contributed by atoms with van der Waals surface area (Å²) in [5.41, 5.74) is 0. The summed E-state index contributed by atoms with van der Waals surface area (Å²) in [7, 11) is 0. The number of ether oxygens (including phenoxy) is 1. The molecule has 0 aliphatic carbocycles. The van der Waals surface area contributed by atoms with E-state index >= 15 is 0 Å².